The normalized spacial score (nSPS) is 27.2. The van der Waals surface area contributed by atoms with Gasteiger partial charge in [-0.3, -0.25) is 0 Å². The Morgan fingerprint density at radius 3 is 2.95 bits per heavy atom. The van der Waals surface area contributed by atoms with E-state index >= 15 is 0 Å². The molecule has 1 aromatic rings. The highest BCUT2D eigenvalue weighted by Crippen LogP contribution is 2.42. The largest absolute Gasteiger partial charge is 0.345 e. The van der Waals surface area contributed by atoms with Crippen molar-refractivity contribution in [1.29, 1.82) is 0 Å². The minimum absolute atomic E-state index is 0.285. The predicted molar refractivity (Wildman–Crippen MR) is 77.5 cm³/mol. The van der Waals surface area contributed by atoms with Crippen molar-refractivity contribution in [2.24, 2.45) is 0 Å². The third-order valence-electron chi connectivity index (χ3n) is 4.99. The fourth-order valence-corrected chi connectivity index (χ4v) is 3.67. The summed E-state index contributed by atoms with van der Waals surface area (Å²) < 4.78 is 0. The fourth-order valence-electron chi connectivity index (χ4n) is 3.67. The monoisotopic (exact) mass is 262 g/mol. The van der Waals surface area contributed by atoms with Crippen molar-refractivity contribution in [1.82, 2.24) is 20.2 Å². The van der Waals surface area contributed by atoms with Gasteiger partial charge in [-0.25, -0.2) is 4.98 Å². The Labute approximate surface area is 116 Å². The Hall–Kier alpha value is -0.870. The molecule has 0 radical (unpaired) electrons. The molecule has 4 heteroatoms. The van der Waals surface area contributed by atoms with Crippen LogP contribution in [0.5, 0.6) is 0 Å². The highest BCUT2D eigenvalue weighted by molar-refractivity contribution is 5.19. The van der Waals surface area contributed by atoms with Gasteiger partial charge in [-0.2, -0.15) is 0 Å². The second-order valence-electron chi connectivity index (χ2n) is 6.45. The summed E-state index contributed by atoms with van der Waals surface area (Å²) >= 11 is 0. The van der Waals surface area contributed by atoms with Crippen LogP contribution >= 0.6 is 0 Å². The van der Waals surface area contributed by atoms with Crippen molar-refractivity contribution < 1.29 is 0 Å². The second-order valence-corrected chi connectivity index (χ2v) is 6.45. The number of nitrogens with zero attached hydrogens (tertiary/aromatic N) is 2. The van der Waals surface area contributed by atoms with Crippen LogP contribution in [-0.2, 0) is 5.41 Å². The molecule has 2 fully saturated rings. The lowest BCUT2D eigenvalue weighted by molar-refractivity contribution is 0.224. The number of aromatic nitrogens is 2. The number of aromatic amines is 1. The molecule has 2 N–H and O–H groups in total. The van der Waals surface area contributed by atoms with Crippen molar-refractivity contribution >= 4 is 0 Å². The van der Waals surface area contributed by atoms with E-state index in [1.165, 1.54) is 56.7 Å². The van der Waals surface area contributed by atoms with Gasteiger partial charge in [0, 0.05) is 36.3 Å². The molecule has 1 aliphatic heterocycles. The van der Waals surface area contributed by atoms with Gasteiger partial charge in [0.25, 0.3) is 0 Å². The fraction of sp³-hybridized carbons (Fsp3) is 0.800. The van der Waals surface area contributed by atoms with Gasteiger partial charge in [0.2, 0.25) is 0 Å². The molecule has 1 aromatic heterocycles. The maximum atomic E-state index is 4.72. The van der Waals surface area contributed by atoms with E-state index in [-0.39, 0.29) is 5.41 Å². The summed E-state index contributed by atoms with van der Waals surface area (Å²) in [6.45, 7) is 3.45. The number of likely N-dealkylation sites (N-methyl/N-ethyl adjacent to an activating group) is 2. The molecule has 2 heterocycles. The predicted octanol–water partition coefficient (Wildman–Crippen LogP) is 1.86. The number of hydrogen-bond donors (Lipinski definition) is 2. The number of rotatable bonds is 4. The van der Waals surface area contributed by atoms with Crippen LogP contribution in [0.1, 0.15) is 49.5 Å². The SMILES string of the molecule is CNCC1(c2ncc(C3CCCN(C)C3)[nH]2)CCC1. The third kappa shape index (κ3) is 2.43. The summed E-state index contributed by atoms with van der Waals surface area (Å²) in [5.74, 6) is 1.86. The molecule has 1 atom stereocenters. The topological polar surface area (TPSA) is 44.0 Å². The van der Waals surface area contributed by atoms with Crippen molar-refractivity contribution in [2.45, 2.75) is 43.4 Å². The van der Waals surface area contributed by atoms with E-state index in [1.54, 1.807) is 0 Å². The molecular formula is C15H26N4. The number of piperidine rings is 1. The van der Waals surface area contributed by atoms with E-state index in [4.69, 9.17) is 4.98 Å². The standard InChI is InChI=1S/C15H26N4/c1-16-11-15(6-4-7-15)14-17-9-13(18-14)12-5-3-8-19(2)10-12/h9,12,16H,3-8,10-11H2,1-2H3,(H,17,18). The van der Waals surface area contributed by atoms with Crippen LogP contribution in [-0.4, -0.2) is 48.6 Å². The summed E-state index contributed by atoms with van der Waals surface area (Å²) in [6, 6.07) is 0. The minimum atomic E-state index is 0.285. The molecule has 0 amide bonds. The molecule has 0 aromatic carbocycles. The van der Waals surface area contributed by atoms with Crippen molar-refractivity contribution in [3.05, 3.63) is 17.7 Å². The van der Waals surface area contributed by atoms with Gasteiger partial charge in [0.1, 0.15) is 5.82 Å². The van der Waals surface area contributed by atoms with Crippen LogP contribution in [0, 0.1) is 0 Å². The molecular weight excluding hydrogens is 236 g/mol. The average Bonchev–Trinajstić information content (AvgIpc) is 2.83. The summed E-state index contributed by atoms with van der Waals surface area (Å²) in [5.41, 5.74) is 1.64. The molecule has 2 aliphatic rings. The smallest absolute Gasteiger partial charge is 0.113 e. The van der Waals surface area contributed by atoms with Gasteiger partial charge < -0.3 is 15.2 Å². The third-order valence-corrected chi connectivity index (χ3v) is 4.99. The molecule has 1 saturated heterocycles. The van der Waals surface area contributed by atoms with E-state index in [9.17, 15) is 0 Å². The summed E-state index contributed by atoms with van der Waals surface area (Å²) in [7, 11) is 4.26. The molecule has 19 heavy (non-hydrogen) atoms. The number of imidazole rings is 1. The van der Waals surface area contributed by atoms with E-state index in [1.807, 2.05) is 7.05 Å². The lowest BCUT2D eigenvalue weighted by atomic mass is 9.68. The molecule has 0 spiro atoms. The Kier molecular flexibility index (Phi) is 3.63. The van der Waals surface area contributed by atoms with Crippen molar-refractivity contribution in [2.75, 3.05) is 33.7 Å². The zero-order valence-electron chi connectivity index (χ0n) is 12.2. The molecule has 4 nitrogen and oxygen atoms in total. The van der Waals surface area contributed by atoms with Gasteiger partial charge in [0.15, 0.2) is 0 Å². The van der Waals surface area contributed by atoms with Crippen LogP contribution in [0.25, 0.3) is 0 Å². The molecule has 3 rings (SSSR count). The summed E-state index contributed by atoms with van der Waals surface area (Å²) in [5, 5.41) is 3.34. The summed E-state index contributed by atoms with van der Waals surface area (Å²) in [4.78, 5) is 10.8. The molecule has 1 unspecified atom stereocenters. The van der Waals surface area contributed by atoms with Gasteiger partial charge in [-0.05, 0) is 46.3 Å². The number of hydrogen-bond acceptors (Lipinski definition) is 3. The molecule has 106 valence electrons. The maximum Gasteiger partial charge on any atom is 0.113 e. The van der Waals surface area contributed by atoms with E-state index < -0.39 is 0 Å². The maximum absolute atomic E-state index is 4.72. The number of H-pyrrole nitrogens is 1. The van der Waals surface area contributed by atoms with Crippen molar-refractivity contribution in [3.8, 4) is 0 Å². The number of nitrogens with one attached hydrogen (secondary N) is 2. The Balaban J connectivity index is 1.75. The first-order valence-electron chi connectivity index (χ1n) is 7.62. The van der Waals surface area contributed by atoms with Crippen LogP contribution in [0.4, 0.5) is 0 Å². The van der Waals surface area contributed by atoms with Crippen LogP contribution < -0.4 is 5.32 Å². The minimum Gasteiger partial charge on any atom is -0.345 e. The van der Waals surface area contributed by atoms with Crippen molar-refractivity contribution in [3.63, 3.8) is 0 Å². The average molecular weight is 262 g/mol. The zero-order valence-corrected chi connectivity index (χ0v) is 12.2. The highest BCUT2D eigenvalue weighted by atomic mass is 15.1. The van der Waals surface area contributed by atoms with E-state index in [0.29, 0.717) is 5.92 Å². The second kappa shape index (κ2) is 5.25. The molecule has 1 aliphatic carbocycles. The Morgan fingerprint density at radius 2 is 2.32 bits per heavy atom. The lowest BCUT2D eigenvalue weighted by Crippen LogP contribution is -2.43. The van der Waals surface area contributed by atoms with Gasteiger partial charge in [0.05, 0.1) is 0 Å². The van der Waals surface area contributed by atoms with E-state index in [2.05, 4.69) is 28.4 Å². The first kappa shape index (κ1) is 13.1. The zero-order chi connectivity index (χ0) is 13.3. The summed E-state index contributed by atoms with van der Waals surface area (Å²) in [6.07, 6.45) is 8.57. The van der Waals surface area contributed by atoms with E-state index in [0.717, 1.165) is 6.54 Å². The lowest BCUT2D eigenvalue weighted by Gasteiger charge is -2.40. The Morgan fingerprint density at radius 1 is 1.47 bits per heavy atom. The molecule has 1 saturated carbocycles. The van der Waals surface area contributed by atoms with Gasteiger partial charge in [-0.1, -0.05) is 6.42 Å². The van der Waals surface area contributed by atoms with Crippen LogP contribution in [0.2, 0.25) is 0 Å². The van der Waals surface area contributed by atoms with Crippen LogP contribution in [0.15, 0.2) is 6.20 Å². The van der Waals surface area contributed by atoms with Gasteiger partial charge in [-0.15, -0.1) is 0 Å². The first-order valence-corrected chi connectivity index (χ1v) is 7.62. The highest BCUT2D eigenvalue weighted by Gasteiger charge is 2.40. The molecule has 0 bridgehead atoms. The van der Waals surface area contributed by atoms with Crippen LogP contribution in [0.3, 0.4) is 0 Å². The quantitative estimate of drug-likeness (QED) is 0.870. The Bertz CT molecular complexity index is 422. The first-order chi connectivity index (χ1) is 9.23. The number of likely N-dealkylation sites (tertiary alicyclic amines) is 1. The van der Waals surface area contributed by atoms with Gasteiger partial charge >= 0.3 is 0 Å².